The zero-order valence-corrected chi connectivity index (χ0v) is 13.3. The molecule has 0 saturated heterocycles. The average molecular weight is 322 g/mol. The fourth-order valence-electron chi connectivity index (χ4n) is 3.73. The number of hydrogen-bond donors (Lipinski definition) is 3. The maximum Gasteiger partial charge on any atom is 0.258 e. The second kappa shape index (κ2) is 5.76. The summed E-state index contributed by atoms with van der Waals surface area (Å²) in [4.78, 5) is 12.2. The molecule has 2 bridgehead atoms. The van der Waals surface area contributed by atoms with Crippen LogP contribution in [0.1, 0.15) is 37.7 Å². The van der Waals surface area contributed by atoms with E-state index in [9.17, 15) is 14.3 Å². The first-order valence-electron chi connectivity index (χ1n) is 7.99. The monoisotopic (exact) mass is 322 g/mol. The summed E-state index contributed by atoms with van der Waals surface area (Å²) in [5.41, 5.74) is 5.95. The van der Waals surface area contributed by atoms with E-state index in [1.54, 1.807) is 6.92 Å². The van der Waals surface area contributed by atoms with Gasteiger partial charge in [-0.1, -0.05) is 0 Å². The first-order chi connectivity index (χ1) is 10.8. The van der Waals surface area contributed by atoms with E-state index in [0.29, 0.717) is 30.6 Å². The number of amides is 1. The quantitative estimate of drug-likeness (QED) is 0.782. The number of aliphatic hydroxyl groups excluding tert-OH is 1. The van der Waals surface area contributed by atoms with Crippen molar-refractivity contribution in [3.05, 3.63) is 29.6 Å². The maximum atomic E-state index is 13.1. The van der Waals surface area contributed by atoms with Gasteiger partial charge in [0.05, 0.1) is 6.10 Å². The van der Waals surface area contributed by atoms with Crippen LogP contribution < -0.4 is 15.8 Å². The molecule has 1 aromatic rings. The van der Waals surface area contributed by atoms with E-state index < -0.39 is 11.6 Å². The van der Waals surface area contributed by atoms with Crippen molar-refractivity contribution >= 4 is 5.91 Å². The lowest BCUT2D eigenvalue weighted by Gasteiger charge is -2.54. The van der Waals surface area contributed by atoms with Gasteiger partial charge in [-0.25, -0.2) is 4.39 Å². The topological polar surface area (TPSA) is 84.6 Å². The molecule has 3 aliphatic carbocycles. The van der Waals surface area contributed by atoms with Crippen LogP contribution in [0.2, 0.25) is 0 Å². The molecule has 1 amide bonds. The highest BCUT2D eigenvalue weighted by Gasteiger charge is 2.52. The molecule has 0 unspecified atom stereocenters. The lowest BCUT2D eigenvalue weighted by molar-refractivity contribution is -0.128. The van der Waals surface area contributed by atoms with E-state index in [2.05, 4.69) is 5.32 Å². The SMILES string of the molecule is Cc1cc(F)ccc1OCC(=O)NC12CCC(N)(CC1)[C@@H](O)C2. The number of rotatable bonds is 4. The normalized spacial score (nSPS) is 32.6. The largest absolute Gasteiger partial charge is 0.484 e. The lowest BCUT2D eigenvalue weighted by atomic mass is 9.60. The van der Waals surface area contributed by atoms with Crippen molar-refractivity contribution in [1.82, 2.24) is 5.32 Å². The number of aliphatic hydroxyl groups is 1. The van der Waals surface area contributed by atoms with Gasteiger partial charge in [-0.05, 0) is 62.8 Å². The van der Waals surface area contributed by atoms with Gasteiger partial charge in [0.25, 0.3) is 5.91 Å². The Hall–Kier alpha value is -1.66. The molecule has 0 radical (unpaired) electrons. The average Bonchev–Trinajstić information content (AvgIpc) is 2.48. The molecule has 6 heteroatoms. The molecule has 0 aliphatic heterocycles. The maximum absolute atomic E-state index is 13.1. The van der Waals surface area contributed by atoms with Gasteiger partial charge in [-0.15, -0.1) is 0 Å². The Labute approximate surface area is 135 Å². The Bertz CT molecular complexity index is 612. The van der Waals surface area contributed by atoms with Crippen molar-refractivity contribution in [2.45, 2.75) is 56.2 Å². The molecule has 5 nitrogen and oxygen atoms in total. The van der Waals surface area contributed by atoms with E-state index >= 15 is 0 Å². The van der Waals surface area contributed by atoms with E-state index in [1.807, 2.05) is 0 Å². The Balaban J connectivity index is 1.57. The number of aryl methyl sites for hydroxylation is 1. The van der Waals surface area contributed by atoms with Gasteiger partial charge < -0.3 is 20.9 Å². The zero-order chi connectivity index (χ0) is 16.7. The van der Waals surface area contributed by atoms with Crippen LogP contribution in [-0.4, -0.2) is 34.8 Å². The van der Waals surface area contributed by atoms with Crippen LogP contribution in [-0.2, 0) is 4.79 Å². The number of fused-ring (bicyclic) bond motifs is 3. The second-order valence-corrected chi connectivity index (χ2v) is 6.98. The summed E-state index contributed by atoms with van der Waals surface area (Å²) < 4.78 is 18.5. The van der Waals surface area contributed by atoms with Crippen LogP contribution in [0.4, 0.5) is 4.39 Å². The molecule has 3 aliphatic rings. The summed E-state index contributed by atoms with van der Waals surface area (Å²) in [6, 6.07) is 4.19. The van der Waals surface area contributed by atoms with Gasteiger partial charge in [0.1, 0.15) is 11.6 Å². The van der Waals surface area contributed by atoms with E-state index in [-0.39, 0.29) is 23.9 Å². The lowest BCUT2D eigenvalue weighted by Crippen LogP contribution is -2.68. The van der Waals surface area contributed by atoms with Crippen molar-refractivity contribution in [1.29, 1.82) is 0 Å². The molecule has 0 spiro atoms. The van der Waals surface area contributed by atoms with E-state index in [4.69, 9.17) is 10.5 Å². The van der Waals surface area contributed by atoms with Crippen LogP contribution in [0.5, 0.6) is 5.75 Å². The highest BCUT2D eigenvalue weighted by molar-refractivity contribution is 5.78. The minimum absolute atomic E-state index is 0.127. The third kappa shape index (κ3) is 3.19. The Morgan fingerprint density at radius 3 is 2.74 bits per heavy atom. The van der Waals surface area contributed by atoms with Crippen LogP contribution in [0.15, 0.2) is 18.2 Å². The summed E-state index contributed by atoms with van der Waals surface area (Å²) in [6.45, 7) is 1.60. The molecule has 0 aromatic heterocycles. The summed E-state index contributed by atoms with van der Waals surface area (Å²) >= 11 is 0. The van der Waals surface area contributed by atoms with Crippen molar-refractivity contribution in [3.8, 4) is 5.75 Å². The second-order valence-electron chi connectivity index (χ2n) is 6.98. The van der Waals surface area contributed by atoms with Crippen LogP contribution in [0.25, 0.3) is 0 Å². The third-order valence-corrected chi connectivity index (χ3v) is 5.29. The van der Waals surface area contributed by atoms with Gasteiger partial charge in [0.2, 0.25) is 0 Å². The number of nitrogens with two attached hydrogens (primary N) is 1. The van der Waals surface area contributed by atoms with E-state index in [0.717, 1.165) is 12.8 Å². The summed E-state index contributed by atoms with van der Waals surface area (Å²) in [7, 11) is 0. The minimum Gasteiger partial charge on any atom is -0.484 e. The Kier molecular flexibility index (Phi) is 4.06. The predicted molar refractivity (Wildman–Crippen MR) is 83.5 cm³/mol. The third-order valence-electron chi connectivity index (χ3n) is 5.29. The van der Waals surface area contributed by atoms with Crippen LogP contribution >= 0.6 is 0 Å². The molecule has 3 fully saturated rings. The van der Waals surface area contributed by atoms with Gasteiger partial charge in [0, 0.05) is 11.1 Å². The van der Waals surface area contributed by atoms with E-state index in [1.165, 1.54) is 18.2 Å². The first kappa shape index (κ1) is 16.2. The summed E-state index contributed by atoms with van der Waals surface area (Å²) in [5, 5.41) is 13.2. The molecule has 0 heterocycles. The van der Waals surface area contributed by atoms with Gasteiger partial charge in [-0.3, -0.25) is 4.79 Å². The molecule has 3 saturated carbocycles. The molecule has 1 atom stereocenters. The Morgan fingerprint density at radius 2 is 2.13 bits per heavy atom. The number of halogens is 1. The number of nitrogens with one attached hydrogen (secondary N) is 1. The molecule has 126 valence electrons. The molecule has 4 N–H and O–H groups in total. The summed E-state index contributed by atoms with van der Waals surface area (Å²) in [6.07, 6.45) is 2.90. The first-order valence-corrected chi connectivity index (χ1v) is 7.99. The highest BCUT2D eigenvalue weighted by Crippen LogP contribution is 2.45. The smallest absolute Gasteiger partial charge is 0.258 e. The number of benzene rings is 1. The van der Waals surface area contributed by atoms with Gasteiger partial charge in [0.15, 0.2) is 6.61 Å². The predicted octanol–water partition coefficient (Wildman–Crippen LogP) is 1.40. The molecular weight excluding hydrogens is 299 g/mol. The van der Waals surface area contributed by atoms with Crippen LogP contribution in [0, 0.1) is 12.7 Å². The molecule has 1 aromatic carbocycles. The fraction of sp³-hybridized carbons (Fsp3) is 0.588. The molecular formula is C17H23FN2O3. The van der Waals surface area contributed by atoms with Crippen molar-refractivity contribution in [2.24, 2.45) is 5.73 Å². The number of carbonyl (C=O) groups is 1. The van der Waals surface area contributed by atoms with Crippen molar-refractivity contribution in [3.63, 3.8) is 0 Å². The number of ether oxygens (including phenoxy) is 1. The van der Waals surface area contributed by atoms with Crippen molar-refractivity contribution < 1.29 is 19.0 Å². The molecule has 4 rings (SSSR count). The van der Waals surface area contributed by atoms with Gasteiger partial charge >= 0.3 is 0 Å². The van der Waals surface area contributed by atoms with Crippen LogP contribution in [0.3, 0.4) is 0 Å². The summed E-state index contributed by atoms with van der Waals surface area (Å²) in [5.74, 6) is -0.0680. The van der Waals surface area contributed by atoms with Crippen molar-refractivity contribution in [2.75, 3.05) is 6.61 Å². The Morgan fingerprint density at radius 1 is 1.43 bits per heavy atom. The standard InChI is InChI=1S/C17H23FN2O3/c1-11-8-12(18)2-3-13(11)23-10-15(22)20-16-4-6-17(19,7-5-16)14(21)9-16/h2-3,8,14,21H,4-7,9-10,19H2,1H3,(H,20,22)/t14-,16?,17?/m0/s1. The van der Waals surface area contributed by atoms with Gasteiger partial charge in [-0.2, -0.15) is 0 Å². The fourth-order valence-corrected chi connectivity index (χ4v) is 3.73. The zero-order valence-electron chi connectivity index (χ0n) is 13.3. The highest BCUT2D eigenvalue weighted by atomic mass is 19.1. The molecule has 23 heavy (non-hydrogen) atoms. The number of hydrogen-bond acceptors (Lipinski definition) is 4. The number of carbonyl (C=O) groups excluding carboxylic acids is 1. The minimum atomic E-state index is -0.578.